The Morgan fingerprint density at radius 3 is 2.57 bits per heavy atom. The molecule has 0 unspecified atom stereocenters. The number of aromatic nitrogens is 2. The molecule has 0 bridgehead atoms. The van der Waals surface area contributed by atoms with Crippen LogP contribution in [0.15, 0.2) is 66.9 Å². The van der Waals surface area contributed by atoms with Gasteiger partial charge in [0, 0.05) is 47.8 Å². The van der Waals surface area contributed by atoms with Crippen LogP contribution in [-0.4, -0.2) is 27.1 Å². The van der Waals surface area contributed by atoms with Crippen LogP contribution in [0.1, 0.15) is 56.3 Å². The van der Waals surface area contributed by atoms with Gasteiger partial charge in [-0.05, 0) is 47.4 Å². The molecule has 10 heteroatoms. The molecule has 0 amide bonds. The average Bonchev–Trinajstić information content (AvgIpc) is 3.64. The van der Waals surface area contributed by atoms with Crippen LogP contribution in [0.25, 0.3) is 21.7 Å². The Kier molecular flexibility index (Phi) is 6.54. The van der Waals surface area contributed by atoms with Gasteiger partial charge >= 0.3 is 0 Å². The van der Waals surface area contributed by atoms with Gasteiger partial charge in [-0.3, -0.25) is 15.0 Å². The highest BCUT2D eigenvalue weighted by Crippen LogP contribution is 2.42. The Morgan fingerprint density at radius 2 is 1.86 bits per heavy atom. The summed E-state index contributed by atoms with van der Waals surface area (Å²) in [5.74, 6) is 0. The lowest BCUT2D eigenvalue weighted by molar-refractivity contribution is 0.217. The van der Waals surface area contributed by atoms with Crippen LogP contribution in [0, 0.1) is 39.4 Å². The van der Waals surface area contributed by atoms with Crippen LogP contribution in [0.5, 0.6) is 0 Å². The third-order valence-electron chi connectivity index (χ3n) is 7.64. The van der Waals surface area contributed by atoms with Crippen LogP contribution < -0.4 is 21.6 Å². The summed E-state index contributed by atoms with van der Waals surface area (Å²) in [5, 5.41) is 41.4. The molecule has 4 aromatic rings. The summed E-state index contributed by atoms with van der Waals surface area (Å²) in [6.07, 6.45) is 8.63. The van der Waals surface area contributed by atoms with Crippen molar-refractivity contribution in [2.24, 2.45) is 5.41 Å². The van der Waals surface area contributed by atoms with Gasteiger partial charge in [0.1, 0.15) is 17.7 Å². The predicted octanol–water partition coefficient (Wildman–Crippen LogP) is 5.36. The van der Waals surface area contributed by atoms with E-state index in [0.29, 0.717) is 39.9 Å². The Labute approximate surface area is 244 Å². The lowest BCUT2D eigenvalue weighted by Crippen LogP contribution is -2.44. The number of benzene rings is 2. The van der Waals surface area contributed by atoms with Crippen LogP contribution in [-0.2, 0) is 0 Å². The van der Waals surface area contributed by atoms with Gasteiger partial charge in [0.25, 0.3) is 0 Å². The van der Waals surface area contributed by atoms with Crippen LogP contribution in [0.3, 0.4) is 0 Å². The minimum absolute atomic E-state index is 0.0353. The van der Waals surface area contributed by atoms with Crippen molar-refractivity contribution < 1.29 is 0 Å². The molecule has 1 atom stereocenters. The average molecular weight is 555 g/mol. The number of hydrogen-bond donors (Lipinski definition) is 4. The maximum absolute atomic E-state index is 10.1. The highest BCUT2D eigenvalue weighted by Gasteiger charge is 2.50. The van der Waals surface area contributed by atoms with E-state index >= 15 is 0 Å². The fraction of sp³-hybridized carbons (Fsp3) is 0.281. The molecular formula is C32H30N10. The molecular weight excluding hydrogens is 524 g/mol. The van der Waals surface area contributed by atoms with Crippen molar-refractivity contribution in [1.82, 2.24) is 25.9 Å². The molecule has 3 heterocycles. The van der Waals surface area contributed by atoms with Crippen LogP contribution in [0.4, 0.5) is 11.4 Å². The molecule has 2 aliphatic rings. The maximum atomic E-state index is 10.1. The minimum Gasteiger partial charge on any atom is -0.383 e. The zero-order valence-corrected chi connectivity index (χ0v) is 23.7. The molecule has 2 aromatic carbocycles. The van der Waals surface area contributed by atoms with E-state index in [2.05, 4.69) is 76.6 Å². The van der Waals surface area contributed by atoms with Gasteiger partial charge in [-0.1, -0.05) is 39.0 Å². The van der Waals surface area contributed by atoms with E-state index in [-0.39, 0.29) is 11.5 Å². The van der Waals surface area contributed by atoms with Crippen molar-refractivity contribution in [3.63, 3.8) is 0 Å². The number of pyridine rings is 2. The molecule has 0 radical (unpaired) electrons. The first-order chi connectivity index (χ1) is 20.2. The van der Waals surface area contributed by atoms with Crippen molar-refractivity contribution in [2.45, 2.75) is 45.2 Å². The number of fused-ring (bicyclic) bond motifs is 2. The van der Waals surface area contributed by atoms with E-state index in [1.807, 2.05) is 41.7 Å². The van der Waals surface area contributed by atoms with Gasteiger partial charge in [-0.2, -0.15) is 15.8 Å². The summed E-state index contributed by atoms with van der Waals surface area (Å²) in [6, 6.07) is 18.4. The summed E-state index contributed by atoms with van der Waals surface area (Å²) in [5.41, 5.74) is 10.3. The number of hydrazine groups is 2. The summed E-state index contributed by atoms with van der Waals surface area (Å²) < 4.78 is 0. The van der Waals surface area contributed by atoms with Gasteiger partial charge in [0.2, 0.25) is 0 Å². The SMILES string of the molecule is CC(C)(C)CNc1c(C#N)cnc2c(C#N)cc(N[C@H](C3=CN(C4(C#N)CC4)NN3)c3cccc4cnccc34)cc12. The Hall–Kier alpha value is -5.37. The van der Waals surface area contributed by atoms with Crippen molar-refractivity contribution in [3.8, 4) is 18.2 Å². The minimum atomic E-state index is -0.564. The number of anilines is 2. The molecule has 0 saturated heterocycles. The second-order valence-corrected chi connectivity index (χ2v) is 12.0. The van der Waals surface area contributed by atoms with Crippen molar-refractivity contribution in [2.75, 3.05) is 17.2 Å². The first-order valence-corrected chi connectivity index (χ1v) is 13.8. The molecule has 208 valence electrons. The maximum Gasteiger partial charge on any atom is 0.143 e. The Balaban J connectivity index is 1.49. The second-order valence-electron chi connectivity index (χ2n) is 12.0. The number of hydrogen-bond acceptors (Lipinski definition) is 10. The molecule has 1 fully saturated rings. The number of rotatable bonds is 7. The van der Waals surface area contributed by atoms with Gasteiger partial charge in [0.15, 0.2) is 0 Å². The van der Waals surface area contributed by atoms with Gasteiger partial charge in [-0.15, -0.1) is 5.53 Å². The summed E-state index contributed by atoms with van der Waals surface area (Å²) in [7, 11) is 0. The normalized spacial score (nSPS) is 16.1. The molecule has 4 N–H and O–H groups in total. The Bertz CT molecular complexity index is 1860. The third kappa shape index (κ3) is 4.88. The van der Waals surface area contributed by atoms with Gasteiger partial charge in [0.05, 0.1) is 40.1 Å². The van der Waals surface area contributed by atoms with Crippen LogP contribution >= 0.6 is 0 Å². The standard InChI is InChI=1S/C32H30N10/c1-31(2,3)19-38-29-22(14-34)16-37-28-21(13-33)11-23(12-26(28)29)39-30(25-6-4-5-20-15-36-10-7-24(20)25)27-17-42(41-40-27)32(18-35)8-9-32/h4-7,10-12,15-17,30,39-41H,8-9,19H2,1-3H3,(H,37,38)/t30-/m0/s1. The molecule has 6 rings (SSSR count). The molecule has 1 aliphatic carbocycles. The molecule has 2 aromatic heterocycles. The summed E-state index contributed by atoms with van der Waals surface area (Å²) in [4.78, 5) is 8.78. The highest BCUT2D eigenvalue weighted by atomic mass is 15.7. The predicted molar refractivity (Wildman–Crippen MR) is 161 cm³/mol. The number of nitrogens with one attached hydrogen (secondary N) is 4. The van der Waals surface area contributed by atoms with E-state index in [4.69, 9.17) is 0 Å². The van der Waals surface area contributed by atoms with Gasteiger partial charge < -0.3 is 16.1 Å². The van der Waals surface area contributed by atoms with Crippen LogP contribution in [0.2, 0.25) is 0 Å². The first kappa shape index (κ1) is 26.8. The van der Waals surface area contributed by atoms with Crippen molar-refractivity contribution in [1.29, 1.82) is 15.8 Å². The van der Waals surface area contributed by atoms with E-state index < -0.39 is 5.54 Å². The molecule has 1 aliphatic heterocycles. The number of nitriles is 3. The quantitative estimate of drug-likeness (QED) is 0.235. The van der Waals surface area contributed by atoms with E-state index in [1.54, 1.807) is 12.3 Å². The molecule has 42 heavy (non-hydrogen) atoms. The van der Waals surface area contributed by atoms with Crippen molar-refractivity contribution >= 4 is 33.1 Å². The molecule has 1 saturated carbocycles. The van der Waals surface area contributed by atoms with Gasteiger partial charge in [-0.25, -0.2) is 0 Å². The lowest BCUT2D eigenvalue weighted by Gasteiger charge is -2.24. The lowest BCUT2D eigenvalue weighted by atomic mass is 9.96. The third-order valence-corrected chi connectivity index (χ3v) is 7.64. The summed E-state index contributed by atoms with van der Waals surface area (Å²) >= 11 is 0. The first-order valence-electron chi connectivity index (χ1n) is 13.8. The smallest absolute Gasteiger partial charge is 0.143 e. The molecule has 0 spiro atoms. The Morgan fingerprint density at radius 1 is 1.05 bits per heavy atom. The second kappa shape index (κ2) is 10.2. The van der Waals surface area contributed by atoms with E-state index in [1.165, 1.54) is 6.20 Å². The highest BCUT2D eigenvalue weighted by molar-refractivity contribution is 5.99. The summed E-state index contributed by atoms with van der Waals surface area (Å²) in [6.45, 7) is 6.98. The fourth-order valence-corrected chi connectivity index (χ4v) is 5.22. The zero-order valence-electron chi connectivity index (χ0n) is 23.7. The monoisotopic (exact) mass is 554 g/mol. The topological polar surface area (TPSA) is 149 Å². The van der Waals surface area contributed by atoms with E-state index in [9.17, 15) is 15.8 Å². The molecule has 10 nitrogen and oxygen atoms in total. The number of nitrogens with zero attached hydrogens (tertiary/aromatic N) is 6. The largest absolute Gasteiger partial charge is 0.383 e. The fourth-order valence-electron chi connectivity index (χ4n) is 5.22. The van der Waals surface area contributed by atoms with Crippen molar-refractivity contribution in [3.05, 3.63) is 83.6 Å². The zero-order chi connectivity index (χ0) is 29.5. The van der Waals surface area contributed by atoms with E-state index in [0.717, 1.165) is 34.9 Å².